The molecule has 0 unspecified atom stereocenters. The van der Waals surface area contributed by atoms with Gasteiger partial charge in [0, 0.05) is 4.47 Å². The second-order valence-corrected chi connectivity index (χ2v) is 4.97. The number of furan rings is 1. The standard InChI is InChI=1S/C14H13BrN2O2/c1-9-3-8-13(19-9)14(18)17-16-10(2)11-4-6-12(15)7-5-11/h3-8H,1-2H3,(H,17,18)/b16-10-. The topological polar surface area (TPSA) is 54.6 Å². The number of amides is 1. The fraction of sp³-hybridized carbons (Fsp3) is 0.143. The van der Waals surface area contributed by atoms with Gasteiger partial charge >= 0.3 is 5.91 Å². The lowest BCUT2D eigenvalue weighted by Gasteiger charge is -2.01. The molecule has 4 nitrogen and oxygen atoms in total. The highest BCUT2D eigenvalue weighted by Crippen LogP contribution is 2.11. The maximum Gasteiger partial charge on any atom is 0.307 e. The number of carbonyl (C=O) groups excluding carboxylic acids is 1. The highest BCUT2D eigenvalue weighted by Gasteiger charge is 2.08. The lowest BCUT2D eigenvalue weighted by Crippen LogP contribution is -2.18. The Labute approximate surface area is 119 Å². The van der Waals surface area contributed by atoms with Crippen LogP contribution in [0.1, 0.15) is 28.8 Å². The number of rotatable bonds is 3. The van der Waals surface area contributed by atoms with E-state index in [1.807, 2.05) is 31.2 Å². The van der Waals surface area contributed by atoms with Crippen molar-refractivity contribution in [2.24, 2.45) is 5.10 Å². The van der Waals surface area contributed by atoms with Gasteiger partial charge in [-0.25, -0.2) is 5.43 Å². The van der Waals surface area contributed by atoms with Gasteiger partial charge in [-0.2, -0.15) is 5.10 Å². The summed E-state index contributed by atoms with van der Waals surface area (Å²) in [7, 11) is 0. The molecule has 1 aromatic carbocycles. The number of nitrogens with one attached hydrogen (secondary N) is 1. The fourth-order valence-electron chi connectivity index (χ4n) is 1.50. The smallest absolute Gasteiger partial charge is 0.307 e. The summed E-state index contributed by atoms with van der Waals surface area (Å²) in [5, 5.41) is 4.05. The summed E-state index contributed by atoms with van der Waals surface area (Å²) in [6.07, 6.45) is 0. The average molecular weight is 321 g/mol. The van der Waals surface area contributed by atoms with Crippen LogP contribution in [0.25, 0.3) is 0 Å². The van der Waals surface area contributed by atoms with E-state index >= 15 is 0 Å². The molecule has 0 saturated heterocycles. The van der Waals surface area contributed by atoms with Crippen LogP contribution in [-0.4, -0.2) is 11.6 Å². The van der Waals surface area contributed by atoms with Crippen LogP contribution in [0, 0.1) is 6.92 Å². The molecule has 0 radical (unpaired) electrons. The molecule has 98 valence electrons. The predicted molar refractivity (Wildman–Crippen MR) is 77.3 cm³/mol. The van der Waals surface area contributed by atoms with E-state index in [4.69, 9.17) is 4.42 Å². The van der Waals surface area contributed by atoms with Crippen molar-refractivity contribution in [1.82, 2.24) is 5.43 Å². The molecule has 0 spiro atoms. The van der Waals surface area contributed by atoms with E-state index in [0.29, 0.717) is 5.76 Å². The van der Waals surface area contributed by atoms with E-state index in [-0.39, 0.29) is 11.7 Å². The van der Waals surface area contributed by atoms with Crippen molar-refractivity contribution in [3.63, 3.8) is 0 Å². The Morgan fingerprint density at radius 1 is 1.21 bits per heavy atom. The molecule has 0 fully saturated rings. The van der Waals surface area contributed by atoms with Crippen molar-refractivity contribution in [2.75, 3.05) is 0 Å². The summed E-state index contributed by atoms with van der Waals surface area (Å²) in [6, 6.07) is 11.0. The molecule has 1 N–H and O–H groups in total. The lowest BCUT2D eigenvalue weighted by molar-refractivity contribution is 0.0926. The van der Waals surface area contributed by atoms with Crippen LogP contribution < -0.4 is 5.43 Å². The molecule has 0 bridgehead atoms. The number of benzene rings is 1. The molecule has 5 heteroatoms. The second-order valence-electron chi connectivity index (χ2n) is 4.06. The molecular weight excluding hydrogens is 308 g/mol. The summed E-state index contributed by atoms with van der Waals surface area (Å²) in [4.78, 5) is 11.7. The third kappa shape index (κ3) is 3.54. The monoisotopic (exact) mass is 320 g/mol. The van der Waals surface area contributed by atoms with Crippen molar-refractivity contribution in [3.05, 3.63) is 58.0 Å². The first-order valence-corrected chi connectivity index (χ1v) is 6.52. The summed E-state index contributed by atoms with van der Waals surface area (Å²) >= 11 is 3.37. The van der Waals surface area contributed by atoms with E-state index in [9.17, 15) is 4.79 Å². The molecule has 0 aliphatic heterocycles. The molecule has 0 aliphatic rings. The zero-order valence-electron chi connectivity index (χ0n) is 10.6. The quantitative estimate of drug-likeness (QED) is 0.695. The van der Waals surface area contributed by atoms with E-state index in [1.165, 1.54) is 0 Å². The van der Waals surface area contributed by atoms with Gasteiger partial charge < -0.3 is 4.42 Å². The van der Waals surface area contributed by atoms with Crippen LogP contribution in [0.5, 0.6) is 0 Å². The van der Waals surface area contributed by atoms with Gasteiger partial charge in [-0.15, -0.1) is 0 Å². The van der Waals surface area contributed by atoms with Crippen molar-refractivity contribution < 1.29 is 9.21 Å². The number of halogens is 1. The van der Waals surface area contributed by atoms with E-state index in [2.05, 4.69) is 26.5 Å². The summed E-state index contributed by atoms with van der Waals surface area (Å²) < 4.78 is 6.21. The summed E-state index contributed by atoms with van der Waals surface area (Å²) in [6.45, 7) is 3.62. The highest BCUT2D eigenvalue weighted by atomic mass is 79.9. The van der Waals surface area contributed by atoms with Crippen LogP contribution in [0.15, 0.2) is 50.4 Å². The van der Waals surface area contributed by atoms with Crippen LogP contribution in [0.2, 0.25) is 0 Å². The van der Waals surface area contributed by atoms with Gasteiger partial charge in [-0.05, 0) is 43.7 Å². The largest absolute Gasteiger partial charge is 0.456 e. The third-order valence-electron chi connectivity index (χ3n) is 2.55. The number of nitrogens with zero attached hydrogens (tertiary/aromatic N) is 1. The number of carbonyl (C=O) groups is 1. The van der Waals surface area contributed by atoms with Crippen molar-refractivity contribution in [2.45, 2.75) is 13.8 Å². The van der Waals surface area contributed by atoms with Gasteiger partial charge in [-0.3, -0.25) is 4.79 Å². The average Bonchev–Trinajstić information content (AvgIpc) is 2.83. The first kappa shape index (κ1) is 13.5. The predicted octanol–water partition coefficient (Wildman–Crippen LogP) is 3.50. The van der Waals surface area contributed by atoms with Crippen LogP contribution in [-0.2, 0) is 0 Å². The Kier molecular flexibility index (Phi) is 4.16. The third-order valence-corrected chi connectivity index (χ3v) is 3.08. The molecule has 0 atom stereocenters. The van der Waals surface area contributed by atoms with Gasteiger partial charge in [-0.1, -0.05) is 28.1 Å². The lowest BCUT2D eigenvalue weighted by atomic mass is 10.1. The minimum absolute atomic E-state index is 0.254. The Balaban J connectivity index is 2.06. The van der Waals surface area contributed by atoms with Crippen molar-refractivity contribution >= 4 is 27.5 Å². The minimum atomic E-state index is -0.357. The Morgan fingerprint density at radius 3 is 2.47 bits per heavy atom. The minimum Gasteiger partial charge on any atom is -0.456 e. The molecule has 0 aliphatic carbocycles. The van der Waals surface area contributed by atoms with E-state index in [0.717, 1.165) is 15.7 Å². The molecule has 0 saturated carbocycles. The van der Waals surface area contributed by atoms with Gasteiger partial charge in [0.05, 0.1) is 5.71 Å². The van der Waals surface area contributed by atoms with Gasteiger partial charge in [0.15, 0.2) is 5.76 Å². The molecule has 2 aromatic rings. The molecule has 19 heavy (non-hydrogen) atoms. The van der Waals surface area contributed by atoms with Crippen LogP contribution in [0.3, 0.4) is 0 Å². The Hall–Kier alpha value is -1.88. The second kappa shape index (κ2) is 5.84. The number of aryl methyl sites for hydroxylation is 1. The van der Waals surface area contributed by atoms with Gasteiger partial charge in [0.2, 0.25) is 0 Å². The molecule has 1 amide bonds. The molecular formula is C14H13BrN2O2. The molecule has 2 rings (SSSR count). The van der Waals surface area contributed by atoms with Crippen molar-refractivity contribution in [1.29, 1.82) is 0 Å². The van der Waals surface area contributed by atoms with Gasteiger partial charge in [0.25, 0.3) is 0 Å². The van der Waals surface area contributed by atoms with Crippen molar-refractivity contribution in [3.8, 4) is 0 Å². The number of hydrogen-bond acceptors (Lipinski definition) is 3. The Morgan fingerprint density at radius 2 is 1.89 bits per heavy atom. The zero-order valence-corrected chi connectivity index (χ0v) is 12.2. The highest BCUT2D eigenvalue weighted by molar-refractivity contribution is 9.10. The molecule has 1 heterocycles. The maximum absolute atomic E-state index is 11.7. The number of hydrazone groups is 1. The fourth-order valence-corrected chi connectivity index (χ4v) is 1.77. The van der Waals surface area contributed by atoms with Gasteiger partial charge in [0.1, 0.15) is 5.76 Å². The Bertz CT molecular complexity index is 615. The molecule has 1 aromatic heterocycles. The first-order chi connectivity index (χ1) is 9.06. The number of hydrogen-bond donors (Lipinski definition) is 1. The maximum atomic E-state index is 11.7. The van der Waals surface area contributed by atoms with E-state index in [1.54, 1.807) is 19.1 Å². The summed E-state index contributed by atoms with van der Waals surface area (Å²) in [5.74, 6) is 0.591. The first-order valence-electron chi connectivity index (χ1n) is 5.73. The zero-order chi connectivity index (χ0) is 13.8. The van der Waals surface area contributed by atoms with Crippen LogP contribution >= 0.6 is 15.9 Å². The SMILES string of the molecule is C/C(=N/NC(=O)c1ccc(C)o1)c1ccc(Br)cc1. The summed E-state index contributed by atoms with van der Waals surface area (Å²) in [5.41, 5.74) is 4.14. The van der Waals surface area contributed by atoms with E-state index < -0.39 is 0 Å². The van der Waals surface area contributed by atoms with Crippen LogP contribution in [0.4, 0.5) is 0 Å². The normalized spacial score (nSPS) is 11.4.